The quantitative estimate of drug-likeness (QED) is 0.767. The number of fused-ring (bicyclic) bond motifs is 1. The molecular weight excluding hydrogens is 344 g/mol. The van der Waals surface area contributed by atoms with Crippen LogP contribution in [0.3, 0.4) is 0 Å². The molecule has 1 atom stereocenters. The highest BCUT2D eigenvalue weighted by molar-refractivity contribution is 5.77. The Morgan fingerprint density at radius 2 is 2.00 bits per heavy atom. The first-order chi connectivity index (χ1) is 13.0. The highest BCUT2D eigenvalue weighted by Crippen LogP contribution is 2.26. The summed E-state index contributed by atoms with van der Waals surface area (Å²) in [5.41, 5.74) is 2.74. The van der Waals surface area contributed by atoms with Gasteiger partial charge in [0, 0.05) is 43.8 Å². The Morgan fingerprint density at radius 1 is 1.22 bits per heavy atom. The van der Waals surface area contributed by atoms with Crippen molar-refractivity contribution in [3.05, 3.63) is 43.0 Å². The van der Waals surface area contributed by atoms with E-state index in [2.05, 4.69) is 28.8 Å². The molecular formula is C19H22N6O2. The monoisotopic (exact) mass is 366 g/mol. The molecule has 3 aromatic heterocycles. The first kappa shape index (κ1) is 17.3. The average Bonchev–Trinajstić information content (AvgIpc) is 3.11. The molecule has 0 bridgehead atoms. The van der Waals surface area contributed by atoms with E-state index in [1.165, 1.54) is 0 Å². The highest BCUT2D eigenvalue weighted by atomic mass is 16.4. The zero-order chi connectivity index (χ0) is 19.0. The van der Waals surface area contributed by atoms with Gasteiger partial charge in [0.05, 0.1) is 12.2 Å². The molecule has 0 radical (unpaired) electrons. The zero-order valence-electron chi connectivity index (χ0n) is 15.4. The van der Waals surface area contributed by atoms with E-state index in [1.807, 2.05) is 24.4 Å². The minimum absolute atomic E-state index is 0.0566. The molecule has 8 nitrogen and oxygen atoms in total. The molecule has 4 rings (SSSR count). The van der Waals surface area contributed by atoms with Gasteiger partial charge in [-0.2, -0.15) is 5.10 Å². The molecule has 140 valence electrons. The largest absolute Gasteiger partial charge is 0.465 e. The fourth-order valence-electron chi connectivity index (χ4n) is 3.60. The summed E-state index contributed by atoms with van der Waals surface area (Å²) >= 11 is 0. The molecule has 1 fully saturated rings. The maximum absolute atomic E-state index is 11.5. The van der Waals surface area contributed by atoms with E-state index in [0.29, 0.717) is 19.6 Å². The lowest BCUT2D eigenvalue weighted by Gasteiger charge is -2.42. The van der Waals surface area contributed by atoms with E-state index in [-0.39, 0.29) is 12.0 Å². The Labute approximate surface area is 157 Å². The summed E-state index contributed by atoms with van der Waals surface area (Å²) < 4.78 is 1.76. The van der Waals surface area contributed by atoms with Crippen molar-refractivity contribution in [2.24, 2.45) is 5.92 Å². The van der Waals surface area contributed by atoms with Crippen LogP contribution in [0.15, 0.2) is 43.0 Å². The maximum atomic E-state index is 11.5. The molecule has 1 aliphatic heterocycles. The number of hydrogen-bond acceptors (Lipinski definition) is 5. The van der Waals surface area contributed by atoms with Crippen LogP contribution in [0.1, 0.15) is 13.8 Å². The number of carboxylic acid groups (broad SMARTS) is 1. The van der Waals surface area contributed by atoms with Crippen molar-refractivity contribution in [2.75, 3.05) is 24.5 Å². The van der Waals surface area contributed by atoms with Crippen LogP contribution in [0.25, 0.3) is 16.8 Å². The lowest BCUT2D eigenvalue weighted by atomic mass is 10.00. The average molecular weight is 366 g/mol. The van der Waals surface area contributed by atoms with Gasteiger partial charge >= 0.3 is 6.09 Å². The molecule has 1 N–H and O–H groups in total. The third-order valence-electron chi connectivity index (χ3n) is 5.10. The number of pyridine rings is 1. The van der Waals surface area contributed by atoms with E-state index in [9.17, 15) is 9.90 Å². The Morgan fingerprint density at radius 3 is 2.70 bits per heavy atom. The Hall–Kier alpha value is -3.16. The molecule has 0 spiro atoms. The number of anilines is 1. The first-order valence-corrected chi connectivity index (χ1v) is 9.04. The molecule has 1 amide bonds. The van der Waals surface area contributed by atoms with Gasteiger partial charge in [0.2, 0.25) is 0 Å². The van der Waals surface area contributed by atoms with Crippen LogP contribution in [0, 0.1) is 5.92 Å². The smallest absolute Gasteiger partial charge is 0.407 e. The van der Waals surface area contributed by atoms with Crippen LogP contribution in [0.4, 0.5) is 10.6 Å². The number of aromatic nitrogens is 4. The maximum Gasteiger partial charge on any atom is 0.407 e. The van der Waals surface area contributed by atoms with Crippen LogP contribution in [0.2, 0.25) is 0 Å². The normalized spacial score (nSPS) is 17.7. The summed E-state index contributed by atoms with van der Waals surface area (Å²) in [6.07, 6.45) is 6.35. The molecule has 1 unspecified atom stereocenters. The predicted molar refractivity (Wildman–Crippen MR) is 102 cm³/mol. The molecule has 8 heteroatoms. The number of nitrogens with zero attached hydrogens (tertiary/aromatic N) is 6. The zero-order valence-corrected chi connectivity index (χ0v) is 15.4. The second-order valence-electron chi connectivity index (χ2n) is 7.08. The number of carbonyl (C=O) groups is 1. The third-order valence-corrected chi connectivity index (χ3v) is 5.10. The summed E-state index contributed by atoms with van der Waals surface area (Å²) in [4.78, 5) is 24.1. The number of rotatable bonds is 3. The van der Waals surface area contributed by atoms with Crippen LogP contribution in [-0.2, 0) is 0 Å². The van der Waals surface area contributed by atoms with Gasteiger partial charge in [-0.3, -0.25) is 4.98 Å². The standard InChI is InChI=1S/C19H22N6O2/c1-13(2)16-12-23(9-10-24(16)19(26)27)17-5-8-25-18(22-17)15(11-21-25)14-3-6-20-7-4-14/h3-8,11,13,16H,9-10,12H2,1-2H3,(H,26,27). The van der Waals surface area contributed by atoms with Crippen LogP contribution in [-0.4, -0.2) is 61.4 Å². The Kier molecular flexibility index (Phi) is 4.39. The molecule has 27 heavy (non-hydrogen) atoms. The van der Waals surface area contributed by atoms with E-state index >= 15 is 0 Å². The number of hydrogen-bond donors (Lipinski definition) is 1. The molecule has 0 aromatic carbocycles. The van der Waals surface area contributed by atoms with Crippen molar-refractivity contribution < 1.29 is 9.90 Å². The highest BCUT2D eigenvalue weighted by Gasteiger charge is 2.33. The third kappa shape index (κ3) is 3.18. The predicted octanol–water partition coefficient (Wildman–Crippen LogP) is 2.62. The van der Waals surface area contributed by atoms with Crippen molar-refractivity contribution >= 4 is 17.6 Å². The first-order valence-electron chi connectivity index (χ1n) is 9.04. The van der Waals surface area contributed by atoms with Gasteiger partial charge in [0.15, 0.2) is 5.65 Å². The summed E-state index contributed by atoms with van der Waals surface area (Å²) in [7, 11) is 0. The topological polar surface area (TPSA) is 86.9 Å². The van der Waals surface area contributed by atoms with Gasteiger partial charge in [-0.1, -0.05) is 13.8 Å². The molecule has 0 saturated carbocycles. The fraction of sp³-hybridized carbons (Fsp3) is 0.368. The second kappa shape index (κ2) is 6.86. The lowest BCUT2D eigenvalue weighted by molar-refractivity contribution is 0.102. The summed E-state index contributed by atoms with van der Waals surface area (Å²) in [5.74, 6) is 1.07. The lowest BCUT2D eigenvalue weighted by Crippen LogP contribution is -2.57. The SMILES string of the molecule is CC(C)C1CN(c2ccn3ncc(-c4ccncc4)c3n2)CCN1C(=O)O. The van der Waals surface area contributed by atoms with E-state index in [4.69, 9.17) is 4.98 Å². The number of amides is 1. The summed E-state index contributed by atoms with van der Waals surface area (Å²) in [6.45, 7) is 5.84. The second-order valence-corrected chi connectivity index (χ2v) is 7.08. The van der Waals surface area contributed by atoms with Gasteiger partial charge in [-0.15, -0.1) is 0 Å². The summed E-state index contributed by atoms with van der Waals surface area (Å²) in [5, 5.41) is 13.9. The Balaban J connectivity index is 1.67. The van der Waals surface area contributed by atoms with Gasteiger partial charge in [0.25, 0.3) is 0 Å². The van der Waals surface area contributed by atoms with E-state index in [1.54, 1.807) is 28.0 Å². The van der Waals surface area contributed by atoms with Crippen LogP contribution >= 0.6 is 0 Å². The molecule has 0 aliphatic carbocycles. The van der Waals surface area contributed by atoms with Crippen LogP contribution in [0.5, 0.6) is 0 Å². The minimum Gasteiger partial charge on any atom is -0.465 e. The van der Waals surface area contributed by atoms with Gasteiger partial charge < -0.3 is 14.9 Å². The molecule has 1 aliphatic rings. The van der Waals surface area contributed by atoms with Crippen molar-refractivity contribution in [2.45, 2.75) is 19.9 Å². The van der Waals surface area contributed by atoms with Crippen molar-refractivity contribution in [1.29, 1.82) is 0 Å². The summed E-state index contributed by atoms with van der Waals surface area (Å²) in [6, 6.07) is 5.75. The van der Waals surface area contributed by atoms with E-state index in [0.717, 1.165) is 22.6 Å². The molecule has 1 saturated heterocycles. The van der Waals surface area contributed by atoms with Gasteiger partial charge in [-0.25, -0.2) is 14.3 Å². The van der Waals surface area contributed by atoms with Crippen LogP contribution < -0.4 is 4.90 Å². The van der Waals surface area contributed by atoms with Gasteiger partial charge in [0.1, 0.15) is 5.82 Å². The van der Waals surface area contributed by atoms with Crippen molar-refractivity contribution in [3.63, 3.8) is 0 Å². The van der Waals surface area contributed by atoms with E-state index < -0.39 is 6.09 Å². The molecule has 4 heterocycles. The van der Waals surface area contributed by atoms with Crippen molar-refractivity contribution in [3.8, 4) is 11.1 Å². The Bertz CT molecular complexity index is 955. The fourth-order valence-corrected chi connectivity index (χ4v) is 3.60. The minimum atomic E-state index is -0.854. The molecule has 3 aromatic rings. The van der Waals surface area contributed by atoms with Gasteiger partial charge in [-0.05, 0) is 29.7 Å². The van der Waals surface area contributed by atoms with Crippen molar-refractivity contribution in [1.82, 2.24) is 24.5 Å². The number of piperazine rings is 1.